The van der Waals surface area contributed by atoms with E-state index in [0.29, 0.717) is 6.54 Å². The van der Waals surface area contributed by atoms with Gasteiger partial charge in [-0.05, 0) is 18.4 Å². The zero-order valence-corrected chi connectivity index (χ0v) is 10.7. The van der Waals surface area contributed by atoms with E-state index in [4.69, 9.17) is 10.5 Å². The fraction of sp³-hybridized carbons (Fsp3) is 0.500. The van der Waals surface area contributed by atoms with E-state index < -0.39 is 6.04 Å². The number of hydrogen-bond donors (Lipinski definition) is 1. The molecule has 98 valence electrons. The Kier molecular flexibility index (Phi) is 4.33. The number of carbonyl (C=O) groups excluding carboxylic acids is 1. The van der Waals surface area contributed by atoms with Crippen molar-refractivity contribution in [1.29, 1.82) is 0 Å². The minimum atomic E-state index is -0.568. The largest absolute Gasteiger partial charge is 0.380 e. The topological polar surface area (TPSA) is 55.6 Å². The van der Waals surface area contributed by atoms with E-state index in [9.17, 15) is 4.79 Å². The molecule has 1 fully saturated rings. The summed E-state index contributed by atoms with van der Waals surface area (Å²) in [5.41, 5.74) is 6.89. The van der Waals surface area contributed by atoms with E-state index in [1.165, 1.54) is 0 Å². The van der Waals surface area contributed by atoms with Gasteiger partial charge in [0.25, 0.3) is 0 Å². The van der Waals surface area contributed by atoms with Crippen molar-refractivity contribution < 1.29 is 9.53 Å². The average Bonchev–Trinajstić information content (AvgIpc) is 2.46. The molecule has 4 heteroatoms. The number of methoxy groups -OCH3 is 1. The van der Waals surface area contributed by atoms with Gasteiger partial charge >= 0.3 is 0 Å². The monoisotopic (exact) mass is 248 g/mol. The van der Waals surface area contributed by atoms with Crippen LogP contribution in [0.15, 0.2) is 30.3 Å². The molecule has 1 unspecified atom stereocenters. The fourth-order valence-electron chi connectivity index (χ4n) is 2.33. The lowest BCUT2D eigenvalue weighted by molar-refractivity contribution is -0.136. The van der Waals surface area contributed by atoms with E-state index >= 15 is 0 Å². The molecular weight excluding hydrogens is 228 g/mol. The summed E-state index contributed by atoms with van der Waals surface area (Å²) in [6.45, 7) is 1.43. The predicted octanol–water partition coefficient (Wildman–Crippen LogP) is 1.32. The summed E-state index contributed by atoms with van der Waals surface area (Å²) in [6, 6.07) is 8.93. The van der Waals surface area contributed by atoms with E-state index in [1.54, 1.807) is 7.11 Å². The van der Waals surface area contributed by atoms with Crippen molar-refractivity contribution in [1.82, 2.24) is 4.90 Å². The summed E-state index contributed by atoms with van der Waals surface area (Å²) >= 11 is 0. The summed E-state index contributed by atoms with van der Waals surface area (Å²) in [7, 11) is 1.69. The van der Waals surface area contributed by atoms with E-state index in [1.807, 2.05) is 35.2 Å². The second-order valence-electron chi connectivity index (χ2n) is 4.67. The molecular formula is C14H20N2O2. The van der Waals surface area contributed by atoms with Gasteiger partial charge in [0.2, 0.25) is 5.91 Å². The highest BCUT2D eigenvalue weighted by molar-refractivity contribution is 5.83. The number of benzene rings is 1. The standard InChI is InChI=1S/C14H20N2O2/c1-18-12-8-5-9-16(10-12)14(17)13(15)11-6-3-2-4-7-11/h2-4,6-7,12-13H,5,8-10,15H2,1H3/t12?,13-/m0/s1. The van der Waals surface area contributed by atoms with Crippen molar-refractivity contribution >= 4 is 5.91 Å². The Labute approximate surface area is 108 Å². The molecule has 0 spiro atoms. The van der Waals surface area contributed by atoms with Crippen molar-refractivity contribution in [3.05, 3.63) is 35.9 Å². The summed E-state index contributed by atoms with van der Waals surface area (Å²) in [5.74, 6) is -0.0112. The minimum absolute atomic E-state index is 0.0112. The number of hydrogen-bond acceptors (Lipinski definition) is 3. The number of ether oxygens (including phenoxy) is 1. The van der Waals surface area contributed by atoms with Crippen LogP contribution < -0.4 is 5.73 Å². The van der Waals surface area contributed by atoms with Crippen LogP contribution in [-0.4, -0.2) is 37.1 Å². The molecule has 0 radical (unpaired) electrons. The fourth-order valence-corrected chi connectivity index (χ4v) is 2.33. The molecule has 0 saturated carbocycles. The van der Waals surface area contributed by atoms with Crippen molar-refractivity contribution in [2.24, 2.45) is 5.73 Å². The maximum atomic E-state index is 12.3. The second-order valence-corrected chi connectivity index (χ2v) is 4.67. The zero-order chi connectivity index (χ0) is 13.0. The molecule has 2 rings (SSSR count). The molecule has 1 aromatic rings. The van der Waals surface area contributed by atoms with Gasteiger partial charge in [0.05, 0.1) is 6.10 Å². The molecule has 0 aromatic heterocycles. The molecule has 1 aliphatic heterocycles. The first-order valence-electron chi connectivity index (χ1n) is 6.34. The van der Waals surface area contributed by atoms with Crippen LogP contribution in [0.1, 0.15) is 24.4 Å². The molecule has 1 saturated heterocycles. The maximum Gasteiger partial charge on any atom is 0.244 e. The Balaban J connectivity index is 2.02. The molecule has 1 aliphatic rings. The smallest absolute Gasteiger partial charge is 0.244 e. The second kappa shape index (κ2) is 5.98. The van der Waals surface area contributed by atoms with Crippen LogP contribution in [-0.2, 0) is 9.53 Å². The average molecular weight is 248 g/mol. The number of nitrogens with zero attached hydrogens (tertiary/aromatic N) is 1. The quantitative estimate of drug-likeness (QED) is 0.878. The van der Waals surface area contributed by atoms with Crippen LogP contribution in [0.5, 0.6) is 0 Å². The first kappa shape index (κ1) is 13.1. The summed E-state index contributed by atoms with van der Waals surface area (Å²) in [6.07, 6.45) is 2.14. The number of piperidine rings is 1. The highest BCUT2D eigenvalue weighted by Gasteiger charge is 2.27. The van der Waals surface area contributed by atoms with Crippen LogP contribution in [0.25, 0.3) is 0 Å². The number of carbonyl (C=O) groups is 1. The van der Waals surface area contributed by atoms with Crippen LogP contribution in [0.2, 0.25) is 0 Å². The van der Waals surface area contributed by atoms with Crippen molar-refractivity contribution in [2.75, 3.05) is 20.2 Å². The Morgan fingerprint density at radius 1 is 1.44 bits per heavy atom. The third kappa shape index (κ3) is 2.89. The van der Waals surface area contributed by atoms with Crippen molar-refractivity contribution in [3.8, 4) is 0 Å². The zero-order valence-electron chi connectivity index (χ0n) is 10.7. The molecule has 1 amide bonds. The van der Waals surface area contributed by atoms with Gasteiger partial charge in [0, 0.05) is 20.2 Å². The van der Waals surface area contributed by atoms with E-state index in [-0.39, 0.29) is 12.0 Å². The van der Waals surface area contributed by atoms with Gasteiger partial charge < -0.3 is 15.4 Å². The Bertz CT molecular complexity index is 394. The van der Waals surface area contributed by atoms with Gasteiger partial charge in [-0.15, -0.1) is 0 Å². The minimum Gasteiger partial charge on any atom is -0.380 e. The molecule has 1 heterocycles. The number of amides is 1. The van der Waals surface area contributed by atoms with Crippen LogP contribution in [0.4, 0.5) is 0 Å². The first-order valence-corrected chi connectivity index (χ1v) is 6.34. The number of likely N-dealkylation sites (tertiary alicyclic amines) is 1. The molecule has 1 aromatic carbocycles. The third-order valence-electron chi connectivity index (χ3n) is 3.45. The molecule has 4 nitrogen and oxygen atoms in total. The van der Waals surface area contributed by atoms with E-state index in [2.05, 4.69) is 0 Å². The van der Waals surface area contributed by atoms with Gasteiger partial charge in [0.15, 0.2) is 0 Å². The van der Waals surface area contributed by atoms with Crippen LogP contribution in [0, 0.1) is 0 Å². The van der Waals surface area contributed by atoms with Gasteiger partial charge in [-0.1, -0.05) is 30.3 Å². The van der Waals surface area contributed by atoms with Crippen LogP contribution in [0.3, 0.4) is 0 Å². The molecule has 0 aliphatic carbocycles. The lowest BCUT2D eigenvalue weighted by atomic mass is 10.0. The number of rotatable bonds is 3. The Hall–Kier alpha value is -1.39. The summed E-state index contributed by atoms with van der Waals surface area (Å²) < 4.78 is 5.32. The van der Waals surface area contributed by atoms with E-state index in [0.717, 1.165) is 24.9 Å². The normalized spacial score (nSPS) is 21.7. The van der Waals surface area contributed by atoms with Gasteiger partial charge in [-0.3, -0.25) is 4.79 Å². The van der Waals surface area contributed by atoms with Crippen molar-refractivity contribution in [2.45, 2.75) is 25.0 Å². The summed E-state index contributed by atoms with van der Waals surface area (Å²) in [4.78, 5) is 14.1. The van der Waals surface area contributed by atoms with Crippen molar-refractivity contribution in [3.63, 3.8) is 0 Å². The third-order valence-corrected chi connectivity index (χ3v) is 3.45. The first-order chi connectivity index (χ1) is 8.72. The molecule has 0 bridgehead atoms. The predicted molar refractivity (Wildman–Crippen MR) is 70.0 cm³/mol. The number of nitrogens with two attached hydrogens (primary N) is 1. The molecule has 2 atom stereocenters. The van der Waals surface area contributed by atoms with Gasteiger partial charge in [-0.25, -0.2) is 0 Å². The van der Waals surface area contributed by atoms with Gasteiger partial charge in [-0.2, -0.15) is 0 Å². The molecule has 2 N–H and O–H groups in total. The highest BCUT2D eigenvalue weighted by Crippen LogP contribution is 2.18. The SMILES string of the molecule is COC1CCCN(C(=O)[C@@H](N)c2ccccc2)C1. The summed E-state index contributed by atoms with van der Waals surface area (Å²) in [5, 5.41) is 0. The Morgan fingerprint density at radius 2 is 2.17 bits per heavy atom. The Morgan fingerprint density at radius 3 is 2.83 bits per heavy atom. The van der Waals surface area contributed by atoms with Gasteiger partial charge in [0.1, 0.15) is 6.04 Å². The highest BCUT2D eigenvalue weighted by atomic mass is 16.5. The maximum absolute atomic E-state index is 12.3. The lowest BCUT2D eigenvalue weighted by Crippen LogP contribution is -2.46. The lowest BCUT2D eigenvalue weighted by Gasteiger charge is -2.33. The molecule has 18 heavy (non-hydrogen) atoms. The van der Waals surface area contributed by atoms with Crippen LogP contribution >= 0.6 is 0 Å².